The Morgan fingerprint density at radius 2 is 1.90 bits per heavy atom. The highest BCUT2D eigenvalue weighted by atomic mass is 19.4. The molecule has 112 valence electrons. The van der Waals surface area contributed by atoms with Crippen molar-refractivity contribution < 1.29 is 17.9 Å². The van der Waals surface area contributed by atoms with E-state index >= 15 is 0 Å². The van der Waals surface area contributed by atoms with Crippen molar-refractivity contribution in [2.24, 2.45) is 0 Å². The summed E-state index contributed by atoms with van der Waals surface area (Å²) in [5.74, 6) is 0.487. The smallest absolute Gasteiger partial charge is 0.416 e. The fourth-order valence-corrected chi connectivity index (χ4v) is 2.00. The molecule has 0 aromatic heterocycles. The van der Waals surface area contributed by atoms with Crippen LogP contribution in [0.25, 0.3) is 0 Å². The monoisotopic (exact) mass is 287 g/mol. The standard InChI is InChI=1S/C15H20F3NO/c1-11(3-2-10-19-13-6-7-13)20-14-8-4-12(5-9-14)15(16,17)18/h4-5,8-9,11,13,19H,2-3,6-7,10H2,1H3. The third-order valence-electron chi connectivity index (χ3n) is 3.32. The number of ether oxygens (including phenoxy) is 1. The minimum Gasteiger partial charge on any atom is -0.491 e. The molecule has 0 heterocycles. The van der Waals surface area contributed by atoms with Crippen LogP contribution in [0.3, 0.4) is 0 Å². The van der Waals surface area contributed by atoms with Crippen LogP contribution in [0.2, 0.25) is 0 Å². The van der Waals surface area contributed by atoms with Crippen LogP contribution in [-0.4, -0.2) is 18.7 Å². The second-order valence-electron chi connectivity index (χ2n) is 5.32. The summed E-state index contributed by atoms with van der Waals surface area (Å²) in [4.78, 5) is 0. The van der Waals surface area contributed by atoms with Crippen LogP contribution in [-0.2, 0) is 6.18 Å². The Labute approximate surface area is 117 Å². The van der Waals surface area contributed by atoms with Gasteiger partial charge in [0.25, 0.3) is 0 Å². The second kappa shape index (κ2) is 6.48. The van der Waals surface area contributed by atoms with E-state index in [1.54, 1.807) is 0 Å². The van der Waals surface area contributed by atoms with E-state index in [1.165, 1.54) is 25.0 Å². The van der Waals surface area contributed by atoms with E-state index < -0.39 is 11.7 Å². The molecule has 1 N–H and O–H groups in total. The van der Waals surface area contributed by atoms with Crippen molar-refractivity contribution >= 4 is 0 Å². The van der Waals surface area contributed by atoms with Gasteiger partial charge in [-0.3, -0.25) is 0 Å². The molecule has 1 atom stereocenters. The summed E-state index contributed by atoms with van der Waals surface area (Å²) in [5, 5.41) is 3.42. The van der Waals surface area contributed by atoms with Crippen molar-refractivity contribution in [3.05, 3.63) is 29.8 Å². The minimum atomic E-state index is -4.29. The molecule has 1 aliphatic rings. The van der Waals surface area contributed by atoms with Crippen molar-refractivity contribution in [1.29, 1.82) is 0 Å². The molecular formula is C15H20F3NO. The quantitative estimate of drug-likeness (QED) is 0.765. The zero-order valence-electron chi connectivity index (χ0n) is 11.5. The predicted octanol–water partition coefficient (Wildman–Crippen LogP) is 4.00. The molecule has 1 aliphatic carbocycles. The molecule has 0 radical (unpaired) electrons. The van der Waals surface area contributed by atoms with Gasteiger partial charge in [-0.2, -0.15) is 13.2 Å². The number of rotatable bonds is 7. The summed E-state index contributed by atoms with van der Waals surface area (Å²) in [7, 11) is 0. The zero-order valence-corrected chi connectivity index (χ0v) is 11.5. The van der Waals surface area contributed by atoms with Crippen LogP contribution in [0, 0.1) is 0 Å². The maximum absolute atomic E-state index is 12.4. The first-order valence-electron chi connectivity index (χ1n) is 7.02. The molecule has 1 aromatic rings. The van der Waals surface area contributed by atoms with Gasteiger partial charge in [0.05, 0.1) is 11.7 Å². The summed E-state index contributed by atoms with van der Waals surface area (Å²) in [5.41, 5.74) is -0.647. The van der Waals surface area contributed by atoms with Gasteiger partial charge in [0.2, 0.25) is 0 Å². The summed E-state index contributed by atoms with van der Waals surface area (Å²) in [6.45, 7) is 2.92. The molecule has 0 aliphatic heterocycles. The molecule has 0 bridgehead atoms. The Morgan fingerprint density at radius 3 is 2.45 bits per heavy atom. The molecule has 1 aromatic carbocycles. The van der Waals surface area contributed by atoms with E-state index in [1.807, 2.05) is 6.92 Å². The Balaban J connectivity index is 1.71. The second-order valence-corrected chi connectivity index (χ2v) is 5.32. The van der Waals surface area contributed by atoms with Gasteiger partial charge in [-0.15, -0.1) is 0 Å². The number of nitrogens with one attached hydrogen (secondary N) is 1. The van der Waals surface area contributed by atoms with E-state index in [-0.39, 0.29) is 6.10 Å². The summed E-state index contributed by atoms with van der Waals surface area (Å²) >= 11 is 0. The van der Waals surface area contributed by atoms with Gasteiger partial charge in [0.15, 0.2) is 0 Å². The van der Waals surface area contributed by atoms with Gasteiger partial charge in [0.1, 0.15) is 5.75 Å². The maximum Gasteiger partial charge on any atom is 0.416 e. The average Bonchev–Trinajstić information content (AvgIpc) is 3.18. The van der Waals surface area contributed by atoms with Crippen molar-refractivity contribution in [3.63, 3.8) is 0 Å². The first kappa shape index (κ1) is 15.2. The lowest BCUT2D eigenvalue weighted by atomic mass is 10.2. The highest BCUT2D eigenvalue weighted by Gasteiger charge is 2.30. The summed E-state index contributed by atoms with van der Waals surface area (Å²) < 4.78 is 42.8. The Bertz CT molecular complexity index is 412. The van der Waals surface area contributed by atoms with Gasteiger partial charge in [-0.05, 0) is 63.4 Å². The van der Waals surface area contributed by atoms with Gasteiger partial charge in [0, 0.05) is 6.04 Å². The predicted molar refractivity (Wildman–Crippen MR) is 71.8 cm³/mol. The number of hydrogen-bond acceptors (Lipinski definition) is 2. The third-order valence-corrected chi connectivity index (χ3v) is 3.32. The number of hydrogen-bond donors (Lipinski definition) is 1. The molecule has 1 saturated carbocycles. The van der Waals surface area contributed by atoms with E-state index in [0.717, 1.165) is 31.5 Å². The lowest BCUT2D eigenvalue weighted by Crippen LogP contribution is -2.20. The molecule has 5 heteroatoms. The topological polar surface area (TPSA) is 21.3 Å². The zero-order chi connectivity index (χ0) is 14.6. The first-order valence-corrected chi connectivity index (χ1v) is 7.02. The van der Waals surface area contributed by atoms with Gasteiger partial charge >= 0.3 is 6.18 Å². The van der Waals surface area contributed by atoms with Crippen LogP contribution < -0.4 is 10.1 Å². The minimum absolute atomic E-state index is 0.00717. The maximum atomic E-state index is 12.4. The fraction of sp³-hybridized carbons (Fsp3) is 0.600. The molecular weight excluding hydrogens is 267 g/mol. The average molecular weight is 287 g/mol. The molecule has 0 spiro atoms. The Morgan fingerprint density at radius 1 is 1.25 bits per heavy atom. The highest BCUT2D eigenvalue weighted by Crippen LogP contribution is 2.30. The molecule has 0 saturated heterocycles. The lowest BCUT2D eigenvalue weighted by Gasteiger charge is -2.15. The summed E-state index contributed by atoms with van der Waals surface area (Å²) in [6.07, 6.45) is 0.167. The van der Waals surface area contributed by atoms with Crippen LogP contribution in [0.15, 0.2) is 24.3 Å². The molecule has 2 rings (SSSR count). The lowest BCUT2D eigenvalue weighted by molar-refractivity contribution is -0.137. The van der Waals surface area contributed by atoms with Gasteiger partial charge < -0.3 is 10.1 Å². The van der Waals surface area contributed by atoms with Gasteiger partial charge in [-0.1, -0.05) is 0 Å². The molecule has 0 amide bonds. The number of alkyl halides is 3. The van der Waals surface area contributed by atoms with Gasteiger partial charge in [-0.25, -0.2) is 0 Å². The molecule has 1 unspecified atom stereocenters. The van der Waals surface area contributed by atoms with E-state index in [4.69, 9.17) is 4.74 Å². The van der Waals surface area contributed by atoms with Crippen molar-refractivity contribution in [2.75, 3.05) is 6.54 Å². The van der Waals surface area contributed by atoms with Crippen LogP contribution in [0.1, 0.15) is 38.2 Å². The molecule has 2 nitrogen and oxygen atoms in total. The van der Waals surface area contributed by atoms with Crippen molar-refractivity contribution in [3.8, 4) is 5.75 Å². The SMILES string of the molecule is CC(CCCNC1CC1)Oc1ccc(C(F)(F)F)cc1. The normalized spacial score (nSPS) is 17.0. The van der Waals surface area contributed by atoms with E-state index in [9.17, 15) is 13.2 Å². The molecule has 20 heavy (non-hydrogen) atoms. The largest absolute Gasteiger partial charge is 0.491 e. The van der Waals surface area contributed by atoms with Crippen LogP contribution in [0.5, 0.6) is 5.75 Å². The van der Waals surface area contributed by atoms with E-state index in [0.29, 0.717) is 11.8 Å². The first-order chi connectivity index (χ1) is 9.45. The third kappa shape index (κ3) is 5.04. The number of benzene rings is 1. The molecule has 1 fully saturated rings. The van der Waals surface area contributed by atoms with E-state index in [2.05, 4.69) is 5.32 Å². The van der Waals surface area contributed by atoms with Crippen molar-refractivity contribution in [2.45, 2.75) is 50.9 Å². The summed E-state index contributed by atoms with van der Waals surface area (Å²) in [6, 6.07) is 5.57. The van der Waals surface area contributed by atoms with Crippen molar-refractivity contribution in [1.82, 2.24) is 5.32 Å². The number of halogens is 3. The Hall–Kier alpha value is -1.23. The van der Waals surface area contributed by atoms with Crippen LogP contribution in [0.4, 0.5) is 13.2 Å². The van der Waals surface area contributed by atoms with Crippen LogP contribution >= 0.6 is 0 Å². The fourth-order valence-electron chi connectivity index (χ4n) is 2.00. The Kier molecular flexibility index (Phi) is 4.91. The highest BCUT2D eigenvalue weighted by molar-refractivity contribution is 5.28.